The van der Waals surface area contributed by atoms with Crippen LogP contribution in [-0.4, -0.2) is 18.8 Å². The molecule has 6 heteroatoms. The molecule has 1 aliphatic carbocycles. The summed E-state index contributed by atoms with van der Waals surface area (Å²) in [6.07, 6.45) is 3.55. The van der Waals surface area contributed by atoms with E-state index in [-0.39, 0.29) is 11.6 Å². The van der Waals surface area contributed by atoms with Gasteiger partial charge in [0.1, 0.15) is 18.2 Å². The SMILES string of the molecule is N#CC1C(=N)C(C#N)(C#N)[C@@H](c2ccco2)[C@H]2C[NH+](Cc3ccccc3)CC=C12. The first kappa shape index (κ1) is 18.7. The zero-order valence-electron chi connectivity index (χ0n) is 15.8. The summed E-state index contributed by atoms with van der Waals surface area (Å²) in [7, 11) is 0. The van der Waals surface area contributed by atoms with Crippen LogP contribution >= 0.6 is 0 Å². The summed E-state index contributed by atoms with van der Waals surface area (Å²) in [5.74, 6) is -1.15. The Balaban J connectivity index is 1.78. The van der Waals surface area contributed by atoms with Crippen molar-refractivity contribution in [1.82, 2.24) is 0 Å². The molecule has 2 aromatic rings. The lowest BCUT2D eigenvalue weighted by molar-refractivity contribution is -0.913. The van der Waals surface area contributed by atoms with E-state index in [0.717, 1.165) is 18.7 Å². The molecule has 0 spiro atoms. The maximum atomic E-state index is 10.00. The van der Waals surface area contributed by atoms with Gasteiger partial charge in [0.05, 0.1) is 49.2 Å². The van der Waals surface area contributed by atoms with Gasteiger partial charge in [-0.15, -0.1) is 0 Å². The Morgan fingerprint density at radius 2 is 1.86 bits per heavy atom. The lowest BCUT2D eigenvalue weighted by atomic mass is 9.55. The van der Waals surface area contributed by atoms with E-state index >= 15 is 0 Å². The second kappa shape index (κ2) is 7.40. The van der Waals surface area contributed by atoms with Crippen molar-refractivity contribution in [3.63, 3.8) is 0 Å². The molecule has 4 rings (SSSR count). The summed E-state index contributed by atoms with van der Waals surface area (Å²) >= 11 is 0. The van der Waals surface area contributed by atoms with Gasteiger partial charge in [0.15, 0.2) is 5.41 Å². The average molecular weight is 382 g/mol. The first-order chi connectivity index (χ1) is 14.1. The number of quaternary nitrogens is 1. The third kappa shape index (κ3) is 2.93. The molecule has 0 radical (unpaired) electrons. The van der Waals surface area contributed by atoms with Crippen molar-refractivity contribution in [2.45, 2.75) is 12.5 Å². The Bertz CT molecular complexity index is 1050. The predicted molar refractivity (Wildman–Crippen MR) is 104 cm³/mol. The van der Waals surface area contributed by atoms with Gasteiger partial charge in [-0.2, -0.15) is 15.8 Å². The number of fused-ring (bicyclic) bond motifs is 1. The highest BCUT2D eigenvalue weighted by molar-refractivity contribution is 6.00. The number of nitrogens with one attached hydrogen (secondary N) is 2. The summed E-state index contributed by atoms with van der Waals surface area (Å²) in [4.78, 5) is 1.29. The van der Waals surface area contributed by atoms with Crippen LogP contribution in [0.15, 0.2) is 64.8 Å². The molecular weight excluding hydrogens is 362 g/mol. The Labute approximate surface area is 169 Å². The van der Waals surface area contributed by atoms with Crippen LogP contribution in [0.2, 0.25) is 0 Å². The fraction of sp³-hybridized carbons (Fsp3) is 0.304. The number of hydrogen-bond acceptors (Lipinski definition) is 5. The Morgan fingerprint density at radius 1 is 1.10 bits per heavy atom. The molecule has 1 aromatic heterocycles. The van der Waals surface area contributed by atoms with Gasteiger partial charge >= 0.3 is 0 Å². The fourth-order valence-corrected chi connectivity index (χ4v) is 4.76. The molecule has 29 heavy (non-hydrogen) atoms. The molecule has 2 heterocycles. The summed E-state index contributed by atoms with van der Waals surface area (Å²) in [5, 5.41) is 38.3. The molecule has 142 valence electrons. The van der Waals surface area contributed by atoms with Crippen LogP contribution in [0.3, 0.4) is 0 Å². The van der Waals surface area contributed by atoms with Crippen molar-refractivity contribution in [2.24, 2.45) is 17.3 Å². The Morgan fingerprint density at radius 3 is 2.48 bits per heavy atom. The van der Waals surface area contributed by atoms with E-state index in [2.05, 4.69) is 30.3 Å². The monoisotopic (exact) mass is 382 g/mol. The first-order valence-electron chi connectivity index (χ1n) is 9.56. The predicted octanol–water partition coefficient (Wildman–Crippen LogP) is 2.21. The number of nitriles is 3. The zero-order valence-corrected chi connectivity index (χ0v) is 15.8. The third-order valence-corrected chi connectivity index (χ3v) is 6.11. The lowest BCUT2D eigenvalue weighted by Crippen LogP contribution is -3.12. The number of benzene rings is 1. The van der Waals surface area contributed by atoms with E-state index in [1.807, 2.05) is 24.3 Å². The van der Waals surface area contributed by atoms with Crippen LogP contribution in [-0.2, 0) is 6.54 Å². The first-order valence-corrected chi connectivity index (χ1v) is 9.56. The lowest BCUT2D eigenvalue weighted by Gasteiger charge is -2.45. The molecule has 2 aliphatic rings. The largest absolute Gasteiger partial charge is 0.469 e. The van der Waals surface area contributed by atoms with Crippen LogP contribution in [0, 0.1) is 56.7 Å². The van der Waals surface area contributed by atoms with E-state index in [1.54, 1.807) is 12.1 Å². The molecule has 6 nitrogen and oxygen atoms in total. The number of rotatable bonds is 3. The van der Waals surface area contributed by atoms with Gasteiger partial charge in [0, 0.05) is 11.5 Å². The van der Waals surface area contributed by atoms with Gasteiger partial charge < -0.3 is 14.7 Å². The van der Waals surface area contributed by atoms with E-state index in [1.165, 1.54) is 16.7 Å². The second-order valence-corrected chi connectivity index (χ2v) is 7.63. The molecule has 2 N–H and O–H groups in total. The van der Waals surface area contributed by atoms with Crippen LogP contribution in [0.5, 0.6) is 0 Å². The van der Waals surface area contributed by atoms with Crippen molar-refractivity contribution in [2.75, 3.05) is 13.1 Å². The van der Waals surface area contributed by atoms with Crippen molar-refractivity contribution in [3.05, 3.63) is 71.7 Å². The molecule has 1 saturated carbocycles. The molecule has 2 unspecified atom stereocenters. The van der Waals surface area contributed by atoms with Crippen molar-refractivity contribution >= 4 is 5.71 Å². The number of furan rings is 1. The van der Waals surface area contributed by atoms with Gasteiger partial charge in [-0.3, -0.25) is 0 Å². The normalized spacial score (nSPS) is 27.6. The zero-order chi connectivity index (χ0) is 20.4. The number of nitrogens with zero attached hydrogens (tertiary/aromatic N) is 3. The standard InChI is InChI=1S/C23H19N5O/c24-11-18-17-8-9-28(12-16-5-2-1-3-6-16)13-19(17)21(20-7-4-10-29-20)23(14-25,15-26)22(18)27/h1-8,10,18-19,21,27H,9,12-13H2/p+1/t18?,19-,21+/m0/s1. The highest BCUT2D eigenvalue weighted by Crippen LogP contribution is 2.52. The van der Waals surface area contributed by atoms with Gasteiger partial charge in [-0.05, 0) is 23.8 Å². The van der Waals surface area contributed by atoms with Crippen LogP contribution in [0.4, 0.5) is 0 Å². The highest BCUT2D eigenvalue weighted by atomic mass is 16.3. The van der Waals surface area contributed by atoms with Crippen molar-refractivity contribution < 1.29 is 9.32 Å². The third-order valence-electron chi connectivity index (χ3n) is 6.11. The molecule has 0 amide bonds. The quantitative estimate of drug-likeness (QED) is 0.792. The van der Waals surface area contributed by atoms with Crippen LogP contribution < -0.4 is 4.90 Å². The highest BCUT2D eigenvalue weighted by Gasteiger charge is 2.59. The van der Waals surface area contributed by atoms with E-state index in [4.69, 9.17) is 9.83 Å². The molecule has 1 fully saturated rings. The number of hydrogen-bond donors (Lipinski definition) is 2. The average Bonchev–Trinajstić information content (AvgIpc) is 3.28. The van der Waals surface area contributed by atoms with Gasteiger partial charge in [-0.25, -0.2) is 0 Å². The van der Waals surface area contributed by atoms with Gasteiger partial charge in [0.25, 0.3) is 0 Å². The summed E-state index contributed by atoms with van der Waals surface area (Å²) in [5.41, 5.74) is 0.202. The van der Waals surface area contributed by atoms with E-state index < -0.39 is 17.3 Å². The molecular formula is C23H20N5O+. The maximum absolute atomic E-state index is 10.00. The summed E-state index contributed by atoms with van der Waals surface area (Å²) in [6.45, 7) is 2.22. The summed E-state index contributed by atoms with van der Waals surface area (Å²) < 4.78 is 5.63. The van der Waals surface area contributed by atoms with Crippen LogP contribution in [0.1, 0.15) is 17.2 Å². The Hall–Kier alpha value is -3.66. The van der Waals surface area contributed by atoms with Crippen molar-refractivity contribution in [1.29, 1.82) is 21.2 Å². The minimum absolute atomic E-state index is 0.139. The molecule has 1 aliphatic heterocycles. The van der Waals surface area contributed by atoms with E-state index in [0.29, 0.717) is 12.3 Å². The van der Waals surface area contributed by atoms with Crippen molar-refractivity contribution in [3.8, 4) is 18.2 Å². The molecule has 0 saturated heterocycles. The van der Waals surface area contributed by atoms with Gasteiger partial charge in [0.2, 0.25) is 0 Å². The minimum Gasteiger partial charge on any atom is -0.469 e. The van der Waals surface area contributed by atoms with E-state index in [9.17, 15) is 15.8 Å². The molecule has 4 atom stereocenters. The minimum atomic E-state index is -1.71. The second-order valence-electron chi connectivity index (χ2n) is 7.63. The molecule has 1 aromatic carbocycles. The smallest absolute Gasteiger partial charge is 0.192 e. The van der Waals surface area contributed by atoms with Crippen LogP contribution in [0.25, 0.3) is 0 Å². The van der Waals surface area contributed by atoms with Gasteiger partial charge in [-0.1, -0.05) is 30.3 Å². The summed E-state index contributed by atoms with van der Waals surface area (Å²) in [6, 6.07) is 20.0. The Kier molecular flexibility index (Phi) is 4.77. The molecule has 0 bridgehead atoms. The topological polar surface area (TPSA) is 113 Å². The maximum Gasteiger partial charge on any atom is 0.192 e. The fourth-order valence-electron chi connectivity index (χ4n) is 4.76.